The van der Waals surface area contributed by atoms with Crippen LogP contribution in [-0.2, 0) is 0 Å². The lowest BCUT2D eigenvalue weighted by Gasteiger charge is -1.90. The molecular formula is C10H19P. The fourth-order valence-corrected chi connectivity index (χ4v) is 0.668. The standard InChI is InChI=1S/C8H13P.C2H6/c1-4-7(3)6-8(9)5-2;1-2/h4-6H,1,9H2,2-3H3;1-2H3/b7-6-,8-5+;. The molecule has 0 bridgehead atoms. The fraction of sp³-hybridized carbons (Fsp3) is 0.400. The third-order valence-electron chi connectivity index (χ3n) is 1.05. The summed E-state index contributed by atoms with van der Waals surface area (Å²) < 4.78 is 0. The summed E-state index contributed by atoms with van der Waals surface area (Å²) in [6.07, 6.45) is 5.95. The monoisotopic (exact) mass is 170 g/mol. The predicted octanol–water partition coefficient (Wildman–Crippen LogP) is 3.92. The van der Waals surface area contributed by atoms with Gasteiger partial charge in [0.1, 0.15) is 0 Å². The van der Waals surface area contributed by atoms with Crippen molar-refractivity contribution in [3.63, 3.8) is 0 Å². The molecular weight excluding hydrogens is 151 g/mol. The largest absolute Gasteiger partial charge is 0.106 e. The zero-order chi connectivity index (χ0) is 9.28. The molecule has 0 saturated heterocycles. The molecule has 64 valence electrons. The van der Waals surface area contributed by atoms with E-state index < -0.39 is 0 Å². The zero-order valence-electron chi connectivity index (χ0n) is 8.02. The molecule has 0 spiro atoms. The molecule has 0 aliphatic rings. The van der Waals surface area contributed by atoms with Crippen molar-refractivity contribution in [1.29, 1.82) is 0 Å². The van der Waals surface area contributed by atoms with Gasteiger partial charge in [0.2, 0.25) is 0 Å². The highest BCUT2D eigenvalue weighted by Crippen LogP contribution is 2.09. The summed E-state index contributed by atoms with van der Waals surface area (Å²) in [6, 6.07) is 0. The molecule has 0 radical (unpaired) electrons. The number of hydrogen-bond acceptors (Lipinski definition) is 0. The average Bonchev–Trinajstić information content (AvgIpc) is 2.07. The third kappa shape index (κ3) is 9.65. The highest BCUT2D eigenvalue weighted by molar-refractivity contribution is 7.22. The van der Waals surface area contributed by atoms with E-state index >= 15 is 0 Å². The number of allylic oxidation sites excluding steroid dienone is 5. The molecule has 11 heavy (non-hydrogen) atoms. The van der Waals surface area contributed by atoms with Gasteiger partial charge in [0.05, 0.1) is 0 Å². The van der Waals surface area contributed by atoms with E-state index in [0.29, 0.717) is 0 Å². The van der Waals surface area contributed by atoms with E-state index in [4.69, 9.17) is 0 Å². The Balaban J connectivity index is 0. The minimum atomic E-state index is 1.19. The zero-order valence-corrected chi connectivity index (χ0v) is 9.17. The Hall–Kier alpha value is -0.350. The lowest BCUT2D eigenvalue weighted by molar-refractivity contribution is 1.50. The summed E-state index contributed by atoms with van der Waals surface area (Å²) in [7, 11) is 2.64. The molecule has 1 atom stereocenters. The maximum absolute atomic E-state index is 3.64. The molecule has 0 aromatic rings. The molecule has 0 saturated carbocycles. The summed E-state index contributed by atoms with van der Waals surface area (Å²) in [5.74, 6) is 0. The van der Waals surface area contributed by atoms with Crippen LogP contribution >= 0.6 is 9.24 Å². The van der Waals surface area contributed by atoms with Crippen molar-refractivity contribution < 1.29 is 0 Å². The minimum Gasteiger partial charge on any atom is -0.106 e. The SMILES string of the molecule is C=C/C(C)=C\C(P)=C/C.CC. The van der Waals surface area contributed by atoms with Gasteiger partial charge in [-0.15, -0.1) is 9.24 Å². The van der Waals surface area contributed by atoms with Crippen molar-refractivity contribution >= 4 is 9.24 Å². The minimum absolute atomic E-state index is 1.19. The Labute approximate surface area is 73.3 Å². The number of rotatable bonds is 2. The van der Waals surface area contributed by atoms with Gasteiger partial charge in [-0.2, -0.15) is 0 Å². The molecule has 1 unspecified atom stereocenters. The molecule has 0 aromatic carbocycles. The van der Waals surface area contributed by atoms with Crippen LogP contribution in [0.5, 0.6) is 0 Å². The van der Waals surface area contributed by atoms with Gasteiger partial charge < -0.3 is 0 Å². The number of hydrogen-bond donors (Lipinski definition) is 0. The van der Waals surface area contributed by atoms with Gasteiger partial charge in [0.15, 0.2) is 0 Å². The van der Waals surface area contributed by atoms with Gasteiger partial charge in [0, 0.05) is 0 Å². The van der Waals surface area contributed by atoms with Crippen LogP contribution in [0.3, 0.4) is 0 Å². The van der Waals surface area contributed by atoms with E-state index in [1.807, 2.05) is 39.8 Å². The van der Waals surface area contributed by atoms with Crippen molar-refractivity contribution in [2.24, 2.45) is 0 Å². The van der Waals surface area contributed by atoms with E-state index in [2.05, 4.69) is 21.9 Å². The first-order valence-electron chi connectivity index (χ1n) is 3.93. The summed E-state index contributed by atoms with van der Waals surface area (Å²) in [6.45, 7) is 11.7. The smallest absolute Gasteiger partial charge is 0.0343 e. The topological polar surface area (TPSA) is 0 Å². The van der Waals surface area contributed by atoms with Gasteiger partial charge in [-0.25, -0.2) is 0 Å². The first-order chi connectivity index (χ1) is 5.20. The maximum atomic E-state index is 3.64. The molecule has 0 aliphatic carbocycles. The average molecular weight is 170 g/mol. The molecule has 0 nitrogen and oxygen atoms in total. The first-order valence-corrected chi connectivity index (χ1v) is 4.51. The summed E-state index contributed by atoms with van der Waals surface area (Å²) >= 11 is 0. The molecule has 0 heterocycles. The van der Waals surface area contributed by atoms with Crippen LogP contribution in [-0.4, -0.2) is 0 Å². The van der Waals surface area contributed by atoms with Crippen LogP contribution in [0.25, 0.3) is 0 Å². The molecule has 0 amide bonds. The first kappa shape index (κ1) is 13.3. The Morgan fingerprint density at radius 2 is 1.82 bits per heavy atom. The van der Waals surface area contributed by atoms with Crippen LogP contribution in [0.1, 0.15) is 27.7 Å². The Bertz CT molecular complexity index is 152. The van der Waals surface area contributed by atoms with Gasteiger partial charge in [-0.3, -0.25) is 0 Å². The van der Waals surface area contributed by atoms with Crippen molar-refractivity contribution in [2.45, 2.75) is 27.7 Å². The van der Waals surface area contributed by atoms with E-state index in [-0.39, 0.29) is 0 Å². The van der Waals surface area contributed by atoms with Crippen LogP contribution in [0.15, 0.2) is 35.7 Å². The quantitative estimate of drug-likeness (QED) is 0.435. The molecule has 0 aromatic heterocycles. The Kier molecular flexibility index (Phi) is 11.6. The molecule has 0 rings (SSSR count). The second-order valence-electron chi connectivity index (χ2n) is 1.88. The van der Waals surface area contributed by atoms with Crippen LogP contribution in [0.2, 0.25) is 0 Å². The van der Waals surface area contributed by atoms with E-state index in [1.54, 1.807) is 0 Å². The molecule has 0 fully saturated rings. The summed E-state index contributed by atoms with van der Waals surface area (Å²) in [5.41, 5.74) is 1.19. The summed E-state index contributed by atoms with van der Waals surface area (Å²) in [4.78, 5) is 0. The van der Waals surface area contributed by atoms with Crippen LogP contribution < -0.4 is 0 Å². The van der Waals surface area contributed by atoms with Crippen molar-refractivity contribution in [3.05, 3.63) is 35.7 Å². The second-order valence-corrected chi connectivity index (χ2v) is 2.55. The van der Waals surface area contributed by atoms with Crippen molar-refractivity contribution in [3.8, 4) is 0 Å². The normalized spacial score (nSPS) is 11.7. The Morgan fingerprint density at radius 3 is 2.09 bits per heavy atom. The molecule has 1 heteroatoms. The highest BCUT2D eigenvalue weighted by Gasteiger charge is 1.79. The molecule has 0 aliphatic heterocycles. The van der Waals surface area contributed by atoms with Crippen LogP contribution in [0, 0.1) is 0 Å². The molecule has 0 N–H and O–H groups in total. The maximum Gasteiger partial charge on any atom is -0.0343 e. The van der Waals surface area contributed by atoms with E-state index in [1.165, 1.54) is 10.9 Å². The van der Waals surface area contributed by atoms with Crippen molar-refractivity contribution in [1.82, 2.24) is 0 Å². The van der Waals surface area contributed by atoms with Gasteiger partial charge in [-0.05, 0) is 19.2 Å². The highest BCUT2D eigenvalue weighted by atomic mass is 31.0. The lowest BCUT2D eigenvalue weighted by atomic mass is 10.3. The lowest BCUT2D eigenvalue weighted by Crippen LogP contribution is -1.66. The van der Waals surface area contributed by atoms with Crippen LogP contribution in [0.4, 0.5) is 0 Å². The van der Waals surface area contributed by atoms with E-state index in [0.717, 1.165) is 0 Å². The Morgan fingerprint density at radius 1 is 1.36 bits per heavy atom. The predicted molar refractivity (Wildman–Crippen MR) is 58.8 cm³/mol. The van der Waals surface area contributed by atoms with Gasteiger partial charge in [0.25, 0.3) is 0 Å². The van der Waals surface area contributed by atoms with Gasteiger partial charge in [-0.1, -0.05) is 44.2 Å². The summed E-state index contributed by atoms with van der Waals surface area (Å²) in [5, 5.41) is 1.20. The second kappa shape index (κ2) is 9.65. The van der Waals surface area contributed by atoms with Gasteiger partial charge >= 0.3 is 0 Å². The third-order valence-corrected chi connectivity index (χ3v) is 1.55. The van der Waals surface area contributed by atoms with Crippen molar-refractivity contribution in [2.75, 3.05) is 0 Å². The van der Waals surface area contributed by atoms with E-state index in [9.17, 15) is 0 Å². The fourth-order valence-electron chi connectivity index (χ4n) is 0.405.